The lowest BCUT2D eigenvalue weighted by Crippen LogP contribution is -2.34. The minimum Gasteiger partial charge on any atom is -0.481 e. The fraction of sp³-hybridized carbons (Fsp3) is 0.182. The molecule has 0 bridgehead atoms. The van der Waals surface area contributed by atoms with Crippen LogP contribution >= 0.6 is 0 Å². The number of rotatable bonds is 6. The van der Waals surface area contributed by atoms with Crippen LogP contribution in [0.3, 0.4) is 0 Å². The van der Waals surface area contributed by atoms with Gasteiger partial charge in [0.25, 0.3) is 5.91 Å². The molecular formula is C22H22N2O2. The van der Waals surface area contributed by atoms with E-state index in [1.54, 1.807) is 6.92 Å². The molecule has 26 heavy (non-hydrogen) atoms. The molecule has 3 aromatic rings. The predicted octanol–water partition coefficient (Wildman–Crippen LogP) is 4.54. The molecule has 0 spiro atoms. The van der Waals surface area contributed by atoms with Crippen molar-refractivity contribution in [3.63, 3.8) is 0 Å². The summed E-state index contributed by atoms with van der Waals surface area (Å²) < 4.78 is 5.77. The molecular weight excluding hydrogens is 324 g/mol. The van der Waals surface area contributed by atoms with Crippen molar-refractivity contribution in [2.24, 2.45) is 5.10 Å². The van der Waals surface area contributed by atoms with E-state index in [0.29, 0.717) is 5.75 Å². The largest absolute Gasteiger partial charge is 0.481 e. The highest BCUT2D eigenvalue weighted by molar-refractivity contribution is 6.01. The van der Waals surface area contributed by atoms with Gasteiger partial charge in [0.15, 0.2) is 6.10 Å². The molecule has 0 aromatic heterocycles. The Morgan fingerprint density at radius 2 is 1.69 bits per heavy atom. The summed E-state index contributed by atoms with van der Waals surface area (Å²) >= 11 is 0. The lowest BCUT2D eigenvalue weighted by atomic mass is 10.1. The van der Waals surface area contributed by atoms with Crippen molar-refractivity contribution < 1.29 is 9.53 Å². The van der Waals surface area contributed by atoms with E-state index in [1.165, 1.54) is 0 Å². The lowest BCUT2D eigenvalue weighted by molar-refractivity contribution is -0.127. The van der Waals surface area contributed by atoms with Gasteiger partial charge in [-0.05, 0) is 41.8 Å². The van der Waals surface area contributed by atoms with Gasteiger partial charge in [-0.15, -0.1) is 0 Å². The van der Waals surface area contributed by atoms with Gasteiger partial charge in [-0.3, -0.25) is 4.79 Å². The number of ether oxygens (including phenoxy) is 1. The number of hydrogen-bond acceptors (Lipinski definition) is 3. The minimum absolute atomic E-state index is 0.278. The van der Waals surface area contributed by atoms with Crippen LogP contribution in [0, 0.1) is 0 Å². The molecule has 1 atom stereocenters. The minimum atomic E-state index is -0.645. The standard InChI is InChI=1S/C22H22N2O2/c1-3-21(18-10-5-4-6-11-18)23-24-22(25)16(2)26-20-14-13-17-9-7-8-12-19(17)15-20/h4-16H,3H2,1-2H3,(H,24,25). The van der Waals surface area contributed by atoms with Crippen molar-refractivity contribution >= 4 is 22.4 Å². The van der Waals surface area contributed by atoms with E-state index in [2.05, 4.69) is 10.5 Å². The van der Waals surface area contributed by atoms with Crippen LogP contribution in [0.25, 0.3) is 10.8 Å². The first-order valence-electron chi connectivity index (χ1n) is 8.74. The molecule has 1 amide bonds. The van der Waals surface area contributed by atoms with Crippen LogP contribution in [0.15, 0.2) is 77.9 Å². The van der Waals surface area contributed by atoms with E-state index >= 15 is 0 Å². The molecule has 0 radical (unpaired) electrons. The van der Waals surface area contributed by atoms with Gasteiger partial charge < -0.3 is 4.74 Å². The molecule has 0 aliphatic carbocycles. The second kappa shape index (κ2) is 8.30. The maximum Gasteiger partial charge on any atom is 0.280 e. The average Bonchev–Trinajstić information content (AvgIpc) is 2.69. The summed E-state index contributed by atoms with van der Waals surface area (Å²) in [6, 6.07) is 23.6. The van der Waals surface area contributed by atoms with E-state index in [4.69, 9.17) is 4.74 Å². The SMILES string of the molecule is CCC(=NNC(=O)C(C)Oc1ccc2ccccc2c1)c1ccccc1. The molecule has 0 fully saturated rings. The predicted molar refractivity (Wildman–Crippen MR) is 105 cm³/mol. The van der Waals surface area contributed by atoms with E-state index in [9.17, 15) is 4.79 Å². The van der Waals surface area contributed by atoms with Crippen LogP contribution < -0.4 is 10.2 Å². The topological polar surface area (TPSA) is 50.7 Å². The highest BCUT2D eigenvalue weighted by atomic mass is 16.5. The Kier molecular flexibility index (Phi) is 5.64. The van der Waals surface area contributed by atoms with Crippen LogP contribution in [-0.2, 0) is 4.79 Å². The highest BCUT2D eigenvalue weighted by Gasteiger charge is 2.14. The highest BCUT2D eigenvalue weighted by Crippen LogP contribution is 2.21. The molecule has 0 aliphatic rings. The Labute approximate surface area is 153 Å². The lowest BCUT2D eigenvalue weighted by Gasteiger charge is -2.14. The monoisotopic (exact) mass is 346 g/mol. The van der Waals surface area contributed by atoms with Crippen LogP contribution in [-0.4, -0.2) is 17.7 Å². The summed E-state index contributed by atoms with van der Waals surface area (Å²) in [5.41, 5.74) is 4.44. The number of nitrogens with one attached hydrogen (secondary N) is 1. The molecule has 3 rings (SSSR count). The first-order valence-corrected chi connectivity index (χ1v) is 8.74. The molecule has 0 heterocycles. The third-order valence-electron chi connectivity index (χ3n) is 4.15. The Balaban J connectivity index is 1.66. The number of carbonyl (C=O) groups is 1. The van der Waals surface area contributed by atoms with Gasteiger partial charge in [-0.1, -0.05) is 67.6 Å². The molecule has 0 aliphatic heterocycles. The van der Waals surface area contributed by atoms with E-state index in [0.717, 1.165) is 28.5 Å². The van der Waals surface area contributed by atoms with Gasteiger partial charge in [0.05, 0.1) is 5.71 Å². The number of amides is 1. The smallest absolute Gasteiger partial charge is 0.280 e. The molecule has 1 N–H and O–H groups in total. The first kappa shape index (κ1) is 17.7. The molecule has 4 nitrogen and oxygen atoms in total. The molecule has 0 saturated carbocycles. The number of nitrogens with zero attached hydrogens (tertiary/aromatic N) is 1. The van der Waals surface area contributed by atoms with Crippen LogP contribution in [0.2, 0.25) is 0 Å². The normalized spacial score (nSPS) is 12.6. The van der Waals surface area contributed by atoms with Crippen LogP contribution in [0.5, 0.6) is 5.75 Å². The van der Waals surface area contributed by atoms with Gasteiger partial charge >= 0.3 is 0 Å². The zero-order chi connectivity index (χ0) is 18.4. The Hall–Kier alpha value is -3.14. The van der Waals surface area contributed by atoms with Crippen molar-refractivity contribution in [2.45, 2.75) is 26.4 Å². The van der Waals surface area contributed by atoms with Gasteiger partial charge in [-0.25, -0.2) is 5.43 Å². The molecule has 0 saturated heterocycles. The first-order chi connectivity index (χ1) is 12.7. The quantitative estimate of drug-likeness (QED) is 0.526. The third kappa shape index (κ3) is 4.28. The third-order valence-corrected chi connectivity index (χ3v) is 4.15. The van der Waals surface area contributed by atoms with Crippen LogP contribution in [0.4, 0.5) is 0 Å². The van der Waals surface area contributed by atoms with E-state index in [1.807, 2.05) is 79.7 Å². The Bertz CT molecular complexity index is 920. The summed E-state index contributed by atoms with van der Waals surface area (Å²) in [6.07, 6.45) is 0.0818. The average molecular weight is 346 g/mol. The second-order valence-electron chi connectivity index (χ2n) is 6.02. The van der Waals surface area contributed by atoms with Gasteiger partial charge in [0.2, 0.25) is 0 Å². The second-order valence-corrected chi connectivity index (χ2v) is 6.02. The van der Waals surface area contributed by atoms with Crippen LogP contribution in [0.1, 0.15) is 25.8 Å². The summed E-state index contributed by atoms with van der Waals surface area (Å²) in [6.45, 7) is 3.72. The molecule has 132 valence electrons. The van der Waals surface area contributed by atoms with Gasteiger partial charge in [0, 0.05) is 0 Å². The number of hydrazone groups is 1. The zero-order valence-electron chi connectivity index (χ0n) is 15.0. The Morgan fingerprint density at radius 3 is 2.42 bits per heavy atom. The van der Waals surface area contributed by atoms with E-state index < -0.39 is 6.10 Å². The summed E-state index contributed by atoms with van der Waals surface area (Å²) in [4.78, 5) is 12.3. The summed E-state index contributed by atoms with van der Waals surface area (Å²) in [7, 11) is 0. The van der Waals surface area contributed by atoms with Crippen molar-refractivity contribution in [1.82, 2.24) is 5.43 Å². The number of carbonyl (C=O) groups excluding carboxylic acids is 1. The van der Waals surface area contributed by atoms with Crippen molar-refractivity contribution in [3.8, 4) is 5.75 Å². The van der Waals surface area contributed by atoms with E-state index in [-0.39, 0.29) is 5.91 Å². The maximum absolute atomic E-state index is 12.3. The zero-order valence-corrected chi connectivity index (χ0v) is 15.0. The Morgan fingerprint density at radius 1 is 1.00 bits per heavy atom. The molecule has 4 heteroatoms. The number of hydrogen-bond donors (Lipinski definition) is 1. The van der Waals surface area contributed by atoms with Crippen molar-refractivity contribution in [1.29, 1.82) is 0 Å². The van der Waals surface area contributed by atoms with Crippen molar-refractivity contribution in [2.75, 3.05) is 0 Å². The number of fused-ring (bicyclic) bond motifs is 1. The molecule has 1 unspecified atom stereocenters. The number of benzene rings is 3. The van der Waals surface area contributed by atoms with Gasteiger partial charge in [-0.2, -0.15) is 5.10 Å². The molecule has 3 aromatic carbocycles. The fourth-order valence-electron chi connectivity index (χ4n) is 2.69. The van der Waals surface area contributed by atoms with Crippen molar-refractivity contribution in [3.05, 3.63) is 78.4 Å². The fourth-order valence-corrected chi connectivity index (χ4v) is 2.69. The summed E-state index contributed by atoms with van der Waals surface area (Å²) in [5, 5.41) is 6.48. The maximum atomic E-state index is 12.3. The summed E-state index contributed by atoms with van der Waals surface area (Å²) in [5.74, 6) is 0.383. The van der Waals surface area contributed by atoms with Gasteiger partial charge in [0.1, 0.15) is 5.75 Å².